The lowest BCUT2D eigenvalue weighted by atomic mass is 9.88. The normalized spacial score (nSPS) is 31.2. The molecule has 1 N–H and O–H groups in total. The number of nitrogens with zero attached hydrogens (tertiary/aromatic N) is 1. The van der Waals surface area contributed by atoms with Crippen LogP contribution in [0.4, 0.5) is 0 Å². The van der Waals surface area contributed by atoms with E-state index in [0.717, 1.165) is 12.8 Å². The average molecular weight is 240 g/mol. The molecule has 3 atom stereocenters. The number of amides is 1. The van der Waals surface area contributed by atoms with E-state index in [1.54, 1.807) is 0 Å². The summed E-state index contributed by atoms with van der Waals surface area (Å²) in [6.07, 6.45) is 3.67. The van der Waals surface area contributed by atoms with Gasteiger partial charge < -0.3 is 15.0 Å². The van der Waals surface area contributed by atoms with Crippen LogP contribution in [0.1, 0.15) is 33.1 Å². The van der Waals surface area contributed by atoms with E-state index in [-0.39, 0.29) is 17.9 Å². The molecular weight excluding hydrogens is 216 g/mol. The van der Waals surface area contributed by atoms with E-state index in [1.807, 2.05) is 25.8 Å². The lowest BCUT2D eigenvalue weighted by Gasteiger charge is -2.25. The summed E-state index contributed by atoms with van der Waals surface area (Å²) in [5.41, 5.74) is 0. The molecule has 2 saturated heterocycles. The molecule has 2 fully saturated rings. The molecule has 2 rings (SSSR count). The third-order valence-electron chi connectivity index (χ3n) is 3.87. The maximum absolute atomic E-state index is 12.2. The predicted molar refractivity (Wildman–Crippen MR) is 66.8 cm³/mol. The van der Waals surface area contributed by atoms with Crippen molar-refractivity contribution in [1.29, 1.82) is 0 Å². The molecule has 0 aliphatic carbocycles. The van der Waals surface area contributed by atoms with Gasteiger partial charge in [-0.25, -0.2) is 0 Å². The van der Waals surface area contributed by atoms with Gasteiger partial charge in [-0.2, -0.15) is 0 Å². The van der Waals surface area contributed by atoms with Crippen LogP contribution in [0.15, 0.2) is 0 Å². The van der Waals surface area contributed by atoms with Crippen LogP contribution < -0.4 is 5.32 Å². The van der Waals surface area contributed by atoms with Gasteiger partial charge in [-0.05, 0) is 33.1 Å². The van der Waals surface area contributed by atoms with Gasteiger partial charge in [0.15, 0.2) is 0 Å². The van der Waals surface area contributed by atoms with Gasteiger partial charge in [0.25, 0.3) is 0 Å². The van der Waals surface area contributed by atoms with E-state index in [1.165, 1.54) is 6.42 Å². The second-order valence-corrected chi connectivity index (χ2v) is 5.57. The van der Waals surface area contributed by atoms with Crippen LogP contribution in [-0.4, -0.2) is 49.2 Å². The van der Waals surface area contributed by atoms with Crippen LogP contribution >= 0.6 is 0 Å². The van der Waals surface area contributed by atoms with Crippen molar-refractivity contribution in [3.8, 4) is 0 Å². The fourth-order valence-corrected chi connectivity index (χ4v) is 2.92. The SMILES string of the molecule is CC(C)OCCN(C)C(=O)C1CC2CCC1N2. The quantitative estimate of drug-likeness (QED) is 0.780. The molecule has 0 spiro atoms. The zero-order chi connectivity index (χ0) is 12.4. The number of likely N-dealkylation sites (N-methyl/N-ethyl adjacent to an activating group) is 1. The predicted octanol–water partition coefficient (Wildman–Crippen LogP) is 1.01. The first kappa shape index (κ1) is 12.8. The summed E-state index contributed by atoms with van der Waals surface area (Å²) in [7, 11) is 1.89. The fraction of sp³-hybridized carbons (Fsp3) is 0.923. The molecule has 0 aromatic carbocycles. The van der Waals surface area contributed by atoms with E-state index in [2.05, 4.69) is 5.32 Å². The van der Waals surface area contributed by atoms with Crippen LogP contribution in [0.2, 0.25) is 0 Å². The van der Waals surface area contributed by atoms with Gasteiger partial charge in [-0.1, -0.05) is 0 Å². The molecule has 3 unspecified atom stereocenters. The van der Waals surface area contributed by atoms with Crippen molar-refractivity contribution in [2.45, 2.75) is 51.3 Å². The zero-order valence-electron chi connectivity index (χ0n) is 11.1. The average Bonchev–Trinajstić information content (AvgIpc) is 2.88. The highest BCUT2D eigenvalue weighted by Gasteiger charge is 2.43. The summed E-state index contributed by atoms with van der Waals surface area (Å²) in [4.78, 5) is 14.1. The Labute approximate surface area is 104 Å². The zero-order valence-corrected chi connectivity index (χ0v) is 11.1. The second kappa shape index (κ2) is 5.36. The Hall–Kier alpha value is -0.610. The molecule has 2 aliphatic rings. The number of carbonyl (C=O) groups is 1. The smallest absolute Gasteiger partial charge is 0.227 e. The Balaban J connectivity index is 1.75. The van der Waals surface area contributed by atoms with Crippen molar-refractivity contribution in [3.05, 3.63) is 0 Å². The maximum Gasteiger partial charge on any atom is 0.227 e. The highest BCUT2D eigenvalue weighted by Crippen LogP contribution is 2.34. The van der Waals surface area contributed by atoms with Gasteiger partial charge in [0.1, 0.15) is 0 Å². The topological polar surface area (TPSA) is 41.6 Å². The number of nitrogens with one attached hydrogen (secondary N) is 1. The van der Waals surface area contributed by atoms with Crippen LogP contribution in [0.5, 0.6) is 0 Å². The van der Waals surface area contributed by atoms with E-state index in [0.29, 0.717) is 25.2 Å². The van der Waals surface area contributed by atoms with Crippen molar-refractivity contribution >= 4 is 5.91 Å². The fourth-order valence-electron chi connectivity index (χ4n) is 2.92. The summed E-state index contributed by atoms with van der Waals surface area (Å²) < 4.78 is 5.48. The largest absolute Gasteiger partial charge is 0.377 e. The Morgan fingerprint density at radius 2 is 2.24 bits per heavy atom. The van der Waals surface area contributed by atoms with Crippen molar-refractivity contribution in [1.82, 2.24) is 10.2 Å². The van der Waals surface area contributed by atoms with Gasteiger partial charge >= 0.3 is 0 Å². The molecule has 4 heteroatoms. The molecule has 0 radical (unpaired) electrons. The molecule has 17 heavy (non-hydrogen) atoms. The van der Waals surface area contributed by atoms with E-state index in [4.69, 9.17) is 4.74 Å². The van der Waals surface area contributed by atoms with Gasteiger partial charge in [0, 0.05) is 25.7 Å². The van der Waals surface area contributed by atoms with E-state index >= 15 is 0 Å². The molecule has 0 aromatic rings. The molecule has 98 valence electrons. The molecule has 2 aliphatic heterocycles. The van der Waals surface area contributed by atoms with Crippen molar-refractivity contribution in [2.24, 2.45) is 5.92 Å². The van der Waals surface area contributed by atoms with E-state index < -0.39 is 0 Å². The Morgan fingerprint density at radius 3 is 2.76 bits per heavy atom. The molecule has 0 saturated carbocycles. The second-order valence-electron chi connectivity index (χ2n) is 5.57. The number of hydrogen-bond donors (Lipinski definition) is 1. The highest BCUT2D eigenvalue weighted by molar-refractivity contribution is 5.80. The maximum atomic E-state index is 12.2. The molecular formula is C13H24N2O2. The minimum absolute atomic E-state index is 0.206. The molecule has 2 heterocycles. The third-order valence-corrected chi connectivity index (χ3v) is 3.87. The van der Waals surface area contributed by atoms with Gasteiger partial charge in [-0.15, -0.1) is 0 Å². The van der Waals surface area contributed by atoms with Gasteiger partial charge in [0.05, 0.1) is 18.6 Å². The standard InChI is InChI=1S/C13H24N2O2/c1-9(2)17-7-6-15(3)13(16)11-8-10-4-5-12(11)14-10/h9-12,14H,4-8H2,1-3H3. The minimum Gasteiger partial charge on any atom is -0.377 e. The number of rotatable bonds is 5. The van der Waals surface area contributed by atoms with Crippen LogP contribution in [0.25, 0.3) is 0 Å². The van der Waals surface area contributed by atoms with Crippen LogP contribution in [0, 0.1) is 5.92 Å². The summed E-state index contributed by atoms with van der Waals surface area (Å²) in [6, 6.07) is 1.02. The van der Waals surface area contributed by atoms with E-state index in [9.17, 15) is 4.79 Å². The number of carbonyl (C=O) groups excluding carboxylic acids is 1. The number of fused-ring (bicyclic) bond motifs is 2. The summed E-state index contributed by atoms with van der Waals surface area (Å²) in [5, 5.41) is 3.51. The monoisotopic (exact) mass is 240 g/mol. The highest BCUT2D eigenvalue weighted by atomic mass is 16.5. The molecule has 2 bridgehead atoms. The minimum atomic E-state index is 0.206. The van der Waals surface area contributed by atoms with Crippen molar-refractivity contribution < 1.29 is 9.53 Å². The van der Waals surface area contributed by atoms with Crippen LogP contribution in [0.3, 0.4) is 0 Å². The third kappa shape index (κ3) is 2.99. The lowest BCUT2D eigenvalue weighted by Crippen LogP contribution is -2.40. The van der Waals surface area contributed by atoms with Crippen molar-refractivity contribution in [3.63, 3.8) is 0 Å². The van der Waals surface area contributed by atoms with Gasteiger partial charge in [-0.3, -0.25) is 4.79 Å². The first-order valence-electron chi connectivity index (χ1n) is 6.70. The number of ether oxygens (including phenoxy) is 1. The molecule has 0 aromatic heterocycles. The number of hydrogen-bond acceptors (Lipinski definition) is 3. The summed E-state index contributed by atoms with van der Waals surface area (Å²) >= 11 is 0. The Bertz CT molecular complexity index is 281. The Morgan fingerprint density at radius 1 is 1.47 bits per heavy atom. The first-order chi connectivity index (χ1) is 8.08. The lowest BCUT2D eigenvalue weighted by molar-refractivity contribution is -0.135. The Kier molecular flexibility index (Phi) is 4.05. The molecule has 4 nitrogen and oxygen atoms in total. The first-order valence-corrected chi connectivity index (χ1v) is 6.70. The summed E-state index contributed by atoms with van der Waals surface area (Å²) in [6.45, 7) is 5.36. The summed E-state index contributed by atoms with van der Waals surface area (Å²) in [5.74, 6) is 0.495. The van der Waals surface area contributed by atoms with Gasteiger partial charge in [0.2, 0.25) is 5.91 Å². The van der Waals surface area contributed by atoms with Crippen molar-refractivity contribution in [2.75, 3.05) is 20.2 Å². The van der Waals surface area contributed by atoms with Crippen LogP contribution in [-0.2, 0) is 9.53 Å². The molecule has 1 amide bonds.